The number of halogens is 1. The summed E-state index contributed by atoms with van der Waals surface area (Å²) >= 11 is 6.45. The van der Waals surface area contributed by atoms with Crippen LogP contribution >= 0.6 is 38.6 Å². The minimum absolute atomic E-state index is 0.00308. The van der Waals surface area contributed by atoms with Crippen LogP contribution in [0, 0.1) is 6.92 Å². The Morgan fingerprint density at radius 1 is 1.17 bits per heavy atom. The molecule has 4 nitrogen and oxygen atoms in total. The van der Waals surface area contributed by atoms with E-state index in [4.69, 9.17) is 0 Å². The van der Waals surface area contributed by atoms with Gasteiger partial charge in [0.25, 0.3) is 5.91 Å². The van der Waals surface area contributed by atoms with Crippen molar-refractivity contribution < 1.29 is 4.79 Å². The van der Waals surface area contributed by atoms with Gasteiger partial charge in [-0.3, -0.25) is 9.69 Å². The van der Waals surface area contributed by atoms with Crippen molar-refractivity contribution in [3.63, 3.8) is 0 Å². The van der Waals surface area contributed by atoms with Crippen molar-refractivity contribution in [2.24, 2.45) is 0 Å². The molecule has 0 spiro atoms. The molecular weight excluding hydrogens is 406 g/mol. The smallest absolute Gasteiger partial charge is 0.270 e. The molecule has 2 heterocycles. The van der Waals surface area contributed by atoms with Gasteiger partial charge < -0.3 is 4.90 Å². The summed E-state index contributed by atoms with van der Waals surface area (Å²) in [5.74, 6) is 0.00308. The Morgan fingerprint density at radius 2 is 1.96 bits per heavy atom. The fraction of sp³-hybridized carbons (Fsp3) is 0.294. The van der Waals surface area contributed by atoms with Crippen molar-refractivity contribution in [1.29, 1.82) is 0 Å². The number of nitrogens with zero attached hydrogens (tertiary/aromatic N) is 3. The van der Waals surface area contributed by atoms with Crippen LogP contribution in [0.3, 0.4) is 0 Å². The zero-order valence-corrected chi connectivity index (χ0v) is 17.0. The van der Waals surface area contributed by atoms with Crippen molar-refractivity contribution in [1.82, 2.24) is 9.88 Å². The third kappa shape index (κ3) is 3.85. The molecule has 0 bridgehead atoms. The number of aryl methyl sites for hydroxylation is 1. The quantitative estimate of drug-likeness (QED) is 0.599. The van der Waals surface area contributed by atoms with E-state index in [0.29, 0.717) is 6.54 Å². The maximum atomic E-state index is 13.0. The summed E-state index contributed by atoms with van der Waals surface area (Å²) in [6.45, 7) is 3.46. The van der Waals surface area contributed by atoms with Crippen LogP contribution in [0.5, 0.6) is 0 Å². The van der Waals surface area contributed by atoms with Crippen LogP contribution in [0.15, 0.2) is 34.1 Å². The first-order valence-electron chi connectivity index (χ1n) is 7.53. The van der Waals surface area contributed by atoms with E-state index in [1.54, 1.807) is 16.2 Å². The Morgan fingerprint density at radius 3 is 2.62 bits per heavy atom. The molecule has 0 saturated heterocycles. The van der Waals surface area contributed by atoms with E-state index in [1.165, 1.54) is 16.9 Å². The molecule has 3 rings (SSSR count). The second kappa shape index (κ2) is 7.31. The molecule has 7 heteroatoms. The predicted molar refractivity (Wildman–Crippen MR) is 107 cm³/mol. The van der Waals surface area contributed by atoms with Gasteiger partial charge in [0, 0.05) is 13.1 Å². The fourth-order valence-electron chi connectivity index (χ4n) is 2.28. The van der Waals surface area contributed by atoms with Crippen LogP contribution in [-0.2, 0) is 0 Å². The number of likely N-dealkylation sites (N-methyl/N-ethyl adjacent to an activating group) is 1. The standard InChI is InChI=1S/C17H18BrN3OS2/c1-11-4-5-12-14(10-11)24-17(19-12)21(9-8-20(2)3)16(22)13-6-7-15(18)23-13/h4-7,10H,8-9H2,1-3H3. The molecule has 0 N–H and O–H groups in total. The first-order chi connectivity index (χ1) is 11.4. The number of thiazole rings is 1. The van der Waals surface area contributed by atoms with Crippen LogP contribution in [0.1, 0.15) is 15.2 Å². The average molecular weight is 424 g/mol. The van der Waals surface area contributed by atoms with Gasteiger partial charge in [-0.2, -0.15) is 0 Å². The van der Waals surface area contributed by atoms with E-state index in [2.05, 4.69) is 38.8 Å². The Labute approximate surface area is 157 Å². The monoisotopic (exact) mass is 423 g/mol. The zero-order valence-electron chi connectivity index (χ0n) is 13.7. The van der Waals surface area contributed by atoms with Crippen molar-refractivity contribution in [2.75, 3.05) is 32.1 Å². The Balaban J connectivity index is 1.97. The summed E-state index contributed by atoms with van der Waals surface area (Å²) in [6.07, 6.45) is 0. The third-order valence-electron chi connectivity index (χ3n) is 3.56. The largest absolute Gasteiger partial charge is 0.308 e. The van der Waals surface area contributed by atoms with Gasteiger partial charge in [0.2, 0.25) is 0 Å². The molecule has 24 heavy (non-hydrogen) atoms. The molecule has 2 aromatic heterocycles. The lowest BCUT2D eigenvalue weighted by molar-refractivity contribution is 0.0989. The Kier molecular flexibility index (Phi) is 5.34. The van der Waals surface area contributed by atoms with Gasteiger partial charge in [0.05, 0.1) is 18.9 Å². The van der Waals surface area contributed by atoms with Crippen LogP contribution in [0.4, 0.5) is 5.13 Å². The van der Waals surface area contributed by atoms with E-state index >= 15 is 0 Å². The number of carbonyl (C=O) groups excluding carboxylic acids is 1. The highest BCUT2D eigenvalue weighted by Crippen LogP contribution is 2.31. The second-order valence-electron chi connectivity index (χ2n) is 5.83. The number of fused-ring (bicyclic) bond motifs is 1. The van der Waals surface area contributed by atoms with Crippen molar-refractivity contribution >= 4 is 59.9 Å². The van der Waals surface area contributed by atoms with E-state index in [9.17, 15) is 4.79 Å². The van der Waals surface area contributed by atoms with Gasteiger partial charge in [-0.25, -0.2) is 4.98 Å². The van der Waals surface area contributed by atoms with Gasteiger partial charge in [0.1, 0.15) is 0 Å². The molecule has 0 aliphatic rings. The molecule has 0 aliphatic heterocycles. The maximum absolute atomic E-state index is 13.0. The maximum Gasteiger partial charge on any atom is 0.270 e. The zero-order chi connectivity index (χ0) is 17.3. The van der Waals surface area contributed by atoms with Gasteiger partial charge in [-0.15, -0.1) is 11.3 Å². The van der Waals surface area contributed by atoms with E-state index < -0.39 is 0 Å². The van der Waals surface area contributed by atoms with E-state index in [-0.39, 0.29) is 5.91 Å². The summed E-state index contributed by atoms with van der Waals surface area (Å²) in [4.78, 5) is 22.2. The number of rotatable bonds is 5. The number of amides is 1. The summed E-state index contributed by atoms with van der Waals surface area (Å²) in [5.41, 5.74) is 2.14. The van der Waals surface area contributed by atoms with E-state index in [1.807, 2.05) is 38.4 Å². The van der Waals surface area contributed by atoms with Crippen molar-refractivity contribution in [3.8, 4) is 0 Å². The molecule has 1 aromatic carbocycles. The van der Waals surface area contributed by atoms with E-state index in [0.717, 1.165) is 30.6 Å². The molecular formula is C17H18BrN3OS2. The molecule has 0 fully saturated rings. The second-order valence-corrected chi connectivity index (χ2v) is 9.30. The third-order valence-corrected chi connectivity index (χ3v) is 6.22. The SMILES string of the molecule is Cc1ccc2nc(N(CCN(C)C)C(=O)c3ccc(Br)s3)sc2c1. The number of hydrogen-bond donors (Lipinski definition) is 0. The summed E-state index contributed by atoms with van der Waals surface area (Å²) in [6, 6.07) is 9.95. The minimum atomic E-state index is 0.00308. The Hall–Kier alpha value is -1.28. The number of anilines is 1. The lowest BCUT2D eigenvalue weighted by Gasteiger charge is -2.21. The highest BCUT2D eigenvalue weighted by atomic mass is 79.9. The molecule has 1 amide bonds. The molecule has 0 unspecified atom stereocenters. The molecule has 126 valence electrons. The van der Waals surface area contributed by atoms with Crippen LogP contribution < -0.4 is 4.90 Å². The topological polar surface area (TPSA) is 36.4 Å². The normalized spacial score (nSPS) is 11.4. The summed E-state index contributed by atoms with van der Waals surface area (Å²) in [7, 11) is 4.01. The molecule has 3 aromatic rings. The van der Waals surface area contributed by atoms with Gasteiger partial charge in [-0.05, 0) is 66.8 Å². The van der Waals surface area contributed by atoms with Crippen molar-refractivity contribution in [3.05, 3.63) is 44.6 Å². The van der Waals surface area contributed by atoms with Gasteiger partial charge in [0.15, 0.2) is 5.13 Å². The highest BCUT2D eigenvalue weighted by molar-refractivity contribution is 9.11. The predicted octanol–water partition coefficient (Wildman–Crippen LogP) is 4.64. The van der Waals surface area contributed by atoms with Crippen LogP contribution in [-0.4, -0.2) is 43.0 Å². The van der Waals surface area contributed by atoms with Gasteiger partial charge >= 0.3 is 0 Å². The fourth-order valence-corrected chi connectivity index (χ4v) is 4.70. The Bertz CT molecular complexity index is 872. The van der Waals surface area contributed by atoms with Crippen molar-refractivity contribution in [2.45, 2.75) is 6.92 Å². The molecule has 0 saturated carbocycles. The minimum Gasteiger partial charge on any atom is -0.308 e. The lowest BCUT2D eigenvalue weighted by atomic mass is 10.2. The number of aromatic nitrogens is 1. The van der Waals surface area contributed by atoms with Gasteiger partial charge in [-0.1, -0.05) is 17.4 Å². The molecule has 0 atom stereocenters. The molecule has 0 aliphatic carbocycles. The number of hydrogen-bond acceptors (Lipinski definition) is 5. The lowest BCUT2D eigenvalue weighted by Crippen LogP contribution is -2.36. The number of carbonyl (C=O) groups is 1. The van der Waals surface area contributed by atoms with Crippen LogP contribution in [0.2, 0.25) is 0 Å². The highest BCUT2D eigenvalue weighted by Gasteiger charge is 2.22. The summed E-state index contributed by atoms with van der Waals surface area (Å²) < 4.78 is 2.07. The molecule has 0 radical (unpaired) electrons. The first-order valence-corrected chi connectivity index (χ1v) is 9.96. The number of benzene rings is 1. The number of thiophene rings is 1. The first kappa shape index (κ1) is 17.5. The summed E-state index contributed by atoms with van der Waals surface area (Å²) in [5, 5.41) is 0.756. The average Bonchev–Trinajstić information content (AvgIpc) is 3.12. The van der Waals surface area contributed by atoms with Crippen LogP contribution in [0.25, 0.3) is 10.2 Å².